The Morgan fingerprint density at radius 1 is 0.561 bits per heavy atom. The molecule has 0 aromatic carbocycles. The molecule has 0 fully saturated rings. The minimum absolute atomic E-state index is 0.0120. The van der Waals surface area contributed by atoms with Gasteiger partial charge in [0.25, 0.3) is 0 Å². The summed E-state index contributed by atoms with van der Waals surface area (Å²) in [6, 6.07) is 0. The van der Waals surface area contributed by atoms with Crippen molar-refractivity contribution in [2.45, 2.75) is 142 Å². The molecule has 0 spiro atoms. The molecule has 0 saturated heterocycles. The van der Waals surface area contributed by atoms with E-state index in [0.29, 0.717) is 23.9 Å². The predicted molar refractivity (Wildman–Crippen MR) is 238 cm³/mol. The van der Waals surface area contributed by atoms with Crippen LogP contribution in [-0.4, -0.2) is 74.9 Å². The Kier molecular flexibility index (Phi) is 36.4. The normalized spacial score (nSPS) is 14.6. The number of nitrogens with zero attached hydrogens (tertiary/aromatic N) is 1. The van der Waals surface area contributed by atoms with Crippen LogP contribution in [0, 0.1) is 0 Å². The minimum Gasteiger partial charge on any atom is -0.462 e. The lowest BCUT2D eigenvalue weighted by Crippen LogP contribution is -2.37. The topological polar surface area (TPSA) is 108 Å². The van der Waals surface area contributed by atoms with E-state index in [1.54, 1.807) is 0 Å². The Bertz CT molecular complexity index is 1290. The Labute approximate surface area is 347 Å². The standard InChI is InChI=1S/C47H78NO8P/c1-6-8-10-12-14-16-18-20-22-23-24-25-26-28-29-31-33-35-37-39-46(49)53-43-45(44-55-57(51,52)54-42-41-48(3,4)5)56-47(50)40-38-36-34-32-30-27-21-19-17-15-13-11-9-7-2/h8,10,13-16,19-22,24-25,28-29,33,35,45H,6-7,9,11-12,17-18,23,26-27,30-32,34,36-44H2,1-5H3/p+1/b10-8+,15-13+,16-14+,21-19+,22-20+,25-24+,29-28+,35-33+/t45-/m0/s1. The molecule has 0 aliphatic heterocycles. The first kappa shape index (κ1) is 53.9. The van der Waals surface area contributed by atoms with Gasteiger partial charge in [0, 0.05) is 12.8 Å². The van der Waals surface area contributed by atoms with E-state index >= 15 is 0 Å². The van der Waals surface area contributed by atoms with Gasteiger partial charge in [-0.05, 0) is 77.0 Å². The van der Waals surface area contributed by atoms with Crippen LogP contribution < -0.4 is 0 Å². The van der Waals surface area contributed by atoms with E-state index in [0.717, 1.165) is 83.5 Å². The Balaban J connectivity index is 4.54. The van der Waals surface area contributed by atoms with E-state index in [1.807, 2.05) is 33.3 Å². The number of allylic oxidation sites excluding steroid dienone is 16. The smallest absolute Gasteiger partial charge is 0.462 e. The van der Waals surface area contributed by atoms with Crippen molar-refractivity contribution in [3.8, 4) is 0 Å². The summed E-state index contributed by atoms with van der Waals surface area (Å²) in [6.07, 6.45) is 50.4. The Hall–Kier alpha value is -3.07. The molecule has 9 nitrogen and oxygen atoms in total. The molecule has 0 aliphatic carbocycles. The summed E-state index contributed by atoms with van der Waals surface area (Å²) in [4.78, 5) is 35.3. The SMILES string of the molecule is CC/C=C/C/C=C/C/C=C/C/C=C/C/C=C/C/C=C/CCC(=O)OC[C@@H](COP(=O)(O)OCC[N+](C)(C)C)OC(=O)CCCCCCC/C=C/C/C=C/CCCC. The van der Waals surface area contributed by atoms with E-state index in [-0.39, 0.29) is 26.1 Å². The van der Waals surface area contributed by atoms with Crippen molar-refractivity contribution >= 4 is 19.8 Å². The third-order valence-corrected chi connectivity index (χ3v) is 9.35. The van der Waals surface area contributed by atoms with Crippen LogP contribution in [0.5, 0.6) is 0 Å². The number of esters is 2. The molecule has 2 atom stereocenters. The summed E-state index contributed by atoms with van der Waals surface area (Å²) in [5.41, 5.74) is 0. The fourth-order valence-corrected chi connectivity index (χ4v) is 5.74. The van der Waals surface area contributed by atoms with E-state index in [1.165, 1.54) is 12.8 Å². The molecule has 0 aromatic rings. The Morgan fingerprint density at radius 2 is 1.04 bits per heavy atom. The van der Waals surface area contributed by atoms with Gasteiger partial charge in [-0.3, -0.25) is 18.6 Å². The van der Waals surface area contributed by atoms with Crippen molar-refractivity contribution in [1.82, 2.24) is 0 Å². The molecule has 0 saturated carbocycles. The van der Waals surface area contributed by atoms with Gasteiger partial charge in [0.1, 0.15) is 19.8 Å². The van der Waals surface area contributed by atoms with Crippen molar-refractivity contribution in [1.29, 1.82) is 0 Å². The molecule has 1 N–H and O–H groups in total. The third kappa shape index (κ3) is 42.4. The van der Waals surface area contributed by atoms with Crippen LogP contribution >= 0.6 is 7.82 Å². The first-order valence-corrected chi connectivity index (χ1v) is 23.0. The van der Waals surface area contributed by atoms with Gasteiger partial charge in [-0.2, -0.15) is 0 Å². The number of rotatable bonds is 37. The lowest BCUT2D eigenvalue weighted by atomic mass is 10.1. The number of carbonyl (C=O) groups is 2. The zero-order valence-corrected chi connectivity index (χ0v) is 37.2. The summed E-state index contributed by atoms with van der Waals surface area (Å²) in [6.45, 7) is 4.13. The molecule has 0 amide bonds. The van der Waals surface area contributed by atoms with Gasteiger partial charge < -0.3 is 18.9 Å². The number of phosphoric ester groups is 1. The highest BCUT2D eigenvalue weighted by atomic mass is 31.2. The molecule has 0 aromatic heterocycles. The zero-order chi connectivity index (χ0) is 42.1. The van der Waals surface area contributed by atoms with Gasteiger partial charge in [-0.15, -0.1) is 0 Å². The van der Waals surface area contributed by atoms with Gasteiger partial charge in [0.05, 0.1) is 27.7 Å². The number of hydrogen-bond donors (Lipinski definition) is 1. The van der Waals surface area contributed by atoms with Crippen LogP contribution in [-0.2, 0) is 32.7 Å². The van der Waals surface area contributed by atoms with Crippen molar-refractivity contribution < 1.29 is 42.1 Å². The summed E-state index contributed by atoms with van der Waals surface area (Å²) >= 11 is 0. The van der Waals surface area contributed by atoms with Crippen LogP contribution in [0.25, 0.3) is 0 Å². The molecule has 0 aliphatic rings. The average Bonchev–Trinajstić information content (AvgIpc) is 3.16. The maximum atomic E-state index is 12.7. The number of ether oxygens (including phenoxy) is 2. The number of unbranched alkanes of at least 4 members (excludes halogenated alkanes) is 7. The summed E-state index contributed by atoms with van der Waals surface area (Å²) < 4.78 is 34.2. The highest BCUT2D eigenvalue weighted by molar-refractivity contribution is 7.47. The van der Waals surface area contributed by atoms with Crippen LogP contribution in [0.1, 0.15) is 136 Å². The fourth-order valence-electron chi connectivity index (χ4n) is 5.00. The quantitative estimate of drug-likeness (QED) is 0.0217. The van der Waals surface area contributed by atoms with E-state index in [9.17, 15) is 19.0 Å². The molecular weight excluding hydrogens is 737 g/mol. The highest BCUT2D eigenvalue weighted by Crippen LogP contribution is 2.43. The molecule has 0 heterocycles. The Morgan fingerprint density at radius 3 is 1.56 bits per heavy atom. The average molecular weight is 817 g/mol. The van der Waals surface area contributed by atoms with Crippen molar-refractivity contribution in [2.24, 2.45) is 0 Å². The molecular formula is C47H79NO8P+. The van der Waals surface area contributed by atoms with Gasteiger partial charge in [-0.1, -0.05) is 143 Å². The molecule has 0 radical (unpaired) electrons. The highest BCUT2D eigenvalue weighted by Gasteiger charge is 2.27. The van der Waals surface area contributed by atoms with Crippen LogP contribution in [0.4, 0.5) is 0 Å². The van der Waals surface area contributed by atoms with Crippen LogP contribution in [0.15, 0.2) is 97.2 Å². The molecule has 57 heavy (non-hydrogen) atoms. The fraction of sp³-hybridized carbons (Fsp3) is 0.617. The monoisotopic (exact) mass is 817 g/mol. The maximum Gasteiger partial charge on any atom is 0.472 e. The molecule has 0 rings (SSSR count). The number of likely N-dealkylation sites (N-methyl/N-ethyl adjacent to an activating group) is 1. The first-order chi connectivity index (χ1) is 27.5. The molecule has 10 heteroatoms. The second-order valence-corrected chi connectivity index (χ2v) is 16.4. The number of carbonyl (C=O) groups excluding carboxylic acids is 2. The van der Waals surface area contributed by atoms with Gasteiger partial charge in [0.15, 0.2) is 6.10 Å². The lowest BCUT2D eigenvalue weighted by molar-refractivity contribution is -0.870. The minimum atomic E-state index is -4.40. The summed E-state index contributed by atoms with van der Waals surface area (Å²) in [5.74, 6) is -0.925. The number of phosphoric acid groups is 1. The van der Waals surface area contributed by atoms with Crippen molar-refractivity contribution in [2.75, 3.05) is 47.5 Å². The van der Waals surface area contributed by atoms with E-state index < -0.39 is 32.5 Å². The van der Waals surface area contributed by atoms with E-state index in [4.69, 9.17) is 18.5 Å². The van der Waals surface area contributed by atoms with Crippen molar-refractivity contribution in [3.63, 3.8) is 0 Å². The maximum absolute atomic E-state index is 12.7. The van der Waals surface area contributed by atoms with Gasteiger partial charge in [-0.25, -0.2) is 4.57 Å². The van der Waals surface area contributed by atoms with Crippen molar-refractivity contribution in [3.05, 3.63) is 97.2 Å². The number of quaternary nitrogens is 1. The molecule has 0 bridgehead atoms. The van der Waals surface area contributed by atoms with Gasteiger partial charge in [0.2, 0.25) is 0 Å². The summed E-state index contributed by atoms with van der Waals surface area (Å²) in [7, 11) is 1.41. The lowest BCUT2D eigenvalue weighted by Gasteiger charge is -2.24. The largest absolute Gasteiger partial charge is 0.472 e. The third-order valence-electron chi connectivity index (χ3n) is 8.36. The molecule has 1 unspecified atom stereocenters. The van der Waals surface area contributed by atoms with Crippen LogP contribution in [0.2, 0.25) is 0 Å². The molecule has 324 valence electrons. The first-order valence-electron chi connectivity index (χ1n) is 21.5. The summed E-state index contributed by atoms with van der Waals surface area (Å²) in [5, 5.41) is 0. The predicted octanol–water partition coefficient (Wildman–Crippen LogP) is 12.2. The second kappa shape index (κ2) is 38.4. The van der Waals surface area contributed by atoms with Crippen LogP contribution in [0.3, 0.4) is 0 Å². The zero-order valence-electron chi connectivity index (χ0n) is 36.3. The van der Waals surface area contributed by atoms with E-state index in [2.05, 4.69) is 98.9 Å². The second-order valence-electron chi connectivity index (χ2n) is 15.0. The number of hydrogen-bond acceptors (Lipinski definition) is 7. The van der Waals surface area contributed by atoms with Gasteiger partial charge >= 0.3 is 19.8 Å².